The van der Waals surface area contributed by atoms with E-state index in [4.69, 9.17) is 0 Å². The highest BCUT2D eigenvalue weighted by Crippen LogP contribution is 2.21. The van der Waals surface area contributed by atoms with E-state index in [2.05, 4.69) is 31.9 Å². The molecule has 0 aliphatic carbocycles. The second-order valence-corrected chi connectivity index (χ2v) is 6.63. The normalized spacial score (nSPS) is 12.1. The van der Waals surface area contributed by atoms with Crippen molar-refractivity contribution in [1.82, 2.24) is 15.3 Å². The van der Waals surface area contributed by atoms with E-state index in [0.717, 1.165) is 0 Å². The Morgan fingerprint density at radius 3 is 2.50 bits per heavy atom. The fourth-order valence-corrected chi connectivity index (χ4v) is 2.32. The number of amides is 2. The predicted octanol–water partition coefficient (Wildman–Crippen LogP) is 3.73. The lowest BCUT2D eigenvalue weighted by Gasteiger charge is -2.17. The Labute approximate surface area is 171 Å². The third-order valence-electron chi connectivity index (χ3n) is 3.91. The fourth-order valence-electron chi connectivity index (χ4n) is 2.32. The van der Waals surface area contributed by atoms with Gasteiger partial charge in [-0.3, -0.25) is 14.6 Å². The van der Waals surface area contributed by atoms with E-state index in [1.54, 1.807) is 13.8 Å². The molecule has 2 aromatic rings. The summed E-state index contributed by atoms with van der Waals surface area (Å²) in [5, 5.41) is 5.34. The molecule has 0 aliphatic heterocycles. The number of nitrogens with one attached hydrogen (secondary N) is 2. The third-order valence-corrected chi connectivity index (χ3v) is 3.91. The van der Waals surface area contributed by atoms with Gasteiger partial charge in [-0.1, -0.05) is 12.6 Å². The van der Waals surface area contributed by atoms with E-state index >= 15 is 0 Å². The van der Waals surface area contributed by atoms with Crippen molar-refractivity contribution in [3.05, 3.63) is 59.6 Å². The van der Waals surface area contributed by atoms with Crippen LogP contribution in [0.2, 0.25) is 0 Å². The molecule has 0 aliphatic rings. The quantitative estimate of drug-likeness (QED) is 0.664. The van der Waals surface area contributed by atoms with Gasteiger partial charge in [0.15, 0.2) is 6.61 Å². The number of hydrogen-bond acceptors (Lipinski definition) is 5. The van der Waals surface area contributed by atoms with E-state index < -0.39 is 30.6 Å². The molecule has 1 unspecified atom stereocenters. The Hall–Kier alpha value is -3.43. The highest BCUT2D eigenvalue weighted by molar-refractivity contribution is 6.08. The number of hydrogen-bond donors (Lipinski definition) is 2. The first-order valence-corrected chi connectivity index (χ1v) is 8.86. The van der Waals surface area contributed by atoms with Crippen LogP contribution >= 0.6 is 0 Å². The van der Waals surface area contributed by atoms with Gasteiger partial charge in [-0.05, 0) is 32.4 Å². The molecular weight excluding hydrogens is 401 g/mol. The summed E-state index contributed by atoms with van der Waals surface area (Å²) in [6, 6.07) is 3.81. The van der Waals surface area contributed by atoms with Crippen LogP contribution in [0, 0.1) is 6.92 Å². The van der Waals surface area contributed by atoms with Crippen LogP contribution in [0.4, 0.5) is 18.9 Å². The maximum absolute atomic E-state index is 12.7. The maximum atomic E-state index is 12.7. The van der Waals surface area contributed by atoms with Gasteiger partial charge in [0.05, 0.1) is 23.5 Å². The van der Waals surface area contributed by atoms with Gasteiger partial charge in [-0.15, -0.1) is 0 Å². The molecular formula is C20H21F3N4O3. The number of carbonyl (C=O) groups is 2. The molecule has 0 bridgehead atoms. The van der Waals surface area contributed by atoms with Gasteiger partial charge in [0.2, 0.25) is 5.88 Å². The Morgan fingerprint density at radius 1 is 1.23 bits per heavy atom. The van der Waals surface area contributed by atoms with Crippen LogP contribution in [0.15, 0.2) is 42.7 Å². The van der Waals surface area contributed by atoms with Crippen molar-refractivity contribution in [3.63, 3.8) is 0 Å². The van der Waals surface area contributed by atoms with Crippen molar-refractivity contribution in [2.24, 2.45) is 0 Å². The highest BCUT2D eigenvalue weighted by Gasteiger charge is 2.28. The van der Waals surface area contributed by atoms with Crippen molar-refractivity contribution in [2.75, 3.05) is 11.9 Å². The molecule has 160 valence electrons. The predicted molar refractivity (Wildman–Crippen MR) is 104 cm³/mol. The number of pyridine rings is 2. The van der Waals surface area contributed by atoms with Crippen LogP contribution in [-0.4, -0.2) is 34.6 Å². The van der Waals surface area contributed by atoms with Crippen LogP contribution < -0.4 is 15.4 Å². The largest absolute Gasteiger partial charge is 0.468 e. The summed E-state index contributed by atoms with van der Waals surface area (Å²) in [5.41, 5.74) is 1.85. The van der Waals surface area contributed by atoms with Crippen LogP contribution in [0.3, 0.4) is 0 Å². The second-order valence-electron chi connectivity index (χ2n) is 6.63. The molecule has 1 atom stereocenters. The number of carbonyl (C=O) groups excluding carboxylic acids is 2. The smallest absolute Gasteiger partial charge is 0.422 e. The zero-order chi connectivity index (χ0) is 22.5. The summed E-state index contributed by atoms with van der Waals surface area (Å²) in [6.07, 6.45) is -1.76. The highest BCUT2D eigenvalue weighted by atomic mass is 19.4. The molecule has 30 heavy (non-hydrogen) atoms. The lowest BCUT2D eigenvalue weighted by atomic mass is 10.1. The van der Waals surface area contributed by atoms with Crippen LogP contribution in [0.25, 0.3) is 0 Å². The third kappa shape index (κ3) is 6.57. The molecule has 2 N–H and O–H groups in total. The first-order valence-electron chi connectivity index (χ1n) is 8.86. The molecule has 2 amide bonds. The summed E-state index contributed by atoms with van der Waals surface area (Å²) in [4.78, 5) is 32.6. The summed E-state index contributed by atoms with van der Waals surface area (Å²) < 4.78 is 41.2. The molecule has 0 spiro atoms. The lowest BCUT2D eigenvalue weighted by molar-refractivity contribution is -0.154. The van der Waals surface area contributed by atoms with E-state index in [9.17, 15) is 22.8 Å². The van der Waals surface area contributed by atoms with Crippen LogP contribution in [0.5, 0.6) is 5.88 Å². The second kappa shape index (κ2) is 9.38. The summed E-state index contributed by atoms with van der Waals surface area (Å²) in [6.45, 7) is 7.04. The van der Waals surface area contributed by atoms with Gasteiger partial charge in [0.25, 0.3) is 11.8 Å². The van der Waals surface area contributed by atoms with Gasteiger partial charge < -0.3 is 15.4 Å². The number of rotatable bonds is 7. The van der Waals surface area contributed by atoms with E-state index in [1.165, 1.54) is 37.5 Å². The molecule has 2 rings (SSSR count). The van der Waals surface area contributed by atoms with Crippen molar-refractivity contribution in [1.29, 1.82) is 0 Å². The Kier molecular flexibility index (Phi) is 7.14. The summed E-state index contributed by atoms with van der Waals surface area (Å²) in [5.74, 6) is -1.09. The molecule has 0 saturated heterocycles. The molecule has 0 aromatic carbocycles. The van der Waals surface area contributed by atoms with Gasteiger partial charge in [-0.2, -0.15) is 13.2 Å². The lowest BCUT2D eigenvalue weighted by Crippen LogP contribution is -2.28. The Bertz CT molecular complexity index is 943. The van der Waals surface area contributed by atoms with E-state index in [1.807, 2.05) is 0 Å². The first kappa shape index (κ1) is 22.9. The molecule has 0 fully saturated rings. The summed E-state index contributed by atoms with van der Waals surface area (Å²) in [7, 11) is 0. The average Bonchev–Trinajstić information content (AvgIpc) is 2.67. The molecule has 10 heteroatoms. The number of nitrogens with zero attached hydrogens (tertiary/aromatic N) is 2. The SMILES string of the molecule is C=C(C)C(=O)Nc1cnc(C)cc1C(=O)NC(C)c1ccc(OCC(F)(F)F)nc1. The minimum Gasteiger partial charge on any atom is -0.468 e. The number of aryl methyl sites for hydroxylation is 1. The molecule has 2 aromatic heterocycles. The number of aromatic nitrogens is 2. The van der Waals surface area contributed by atoms with Gasteiger partial charge >= 0.3 is 6.18 Å². The Balaban J connectivity index is 2.11. The number of halogens is 3. The van der Waals surface area contributed by atoms with Gasteiger partial charge in [-0.25, -0.2) is 4.98 Å². The summed E-state index contributed by atoms with van der Waals surface area (Å²) >= 11 is 0. The van der Waals surface area contributed by atoms with Crippen molar-refractivity contribution < 1.29 is 27.5 Å². The first-order chi connectivity index (χ1) is 14.0. The maximum Gasteiger partial charge on any atom is 0.422 e. The number of ether oxygens (including phenoxy) is 1. The van der Waals surface area contributed by atoms with Crippen molar-refractivity contribution >= 4 is 17.5 Å². The fraction of sp³-hybridized carbons (Fsp3) is 0.300. The topological polar surface area (TPSA) is 93.2 Å². The van der Waals surface area contributed by atoms with E-state index in [0.29, 0.717) is 11.3 Å². The monoisotopic (exact) mass is 422 g/mol. The van der Waals surface area contributed by atoms with E-state index in [-0.39, 0.29) is 22.7 Å². The van der Waals surface area contributed by atoms with Crippen LogP contribution in [-0.2, 0) is 4.79 Å². The minimum absolute atomic E-state index is 0.177. The number of alkyl halides is 3. The van der Waals surface area contributed by atoms with Gasteiger partial charge in [0, 0.05) is 23.5 Å². The molecule has 0 saturated carbocycles. The van der Waals surface area contributed by atoms with Crippen molar-refractivity contribution in [2.45, 2.75) is 33.0 Å². The van der Waals surface area contributed by atoms with Crippen molar-refractivity contribution in [3.8, 4) is 5.88 Å². The molecule has 7 nitrogen and oxygen atoms in total. The van der Waals surface area contributed by atoms with Gasteiger partial charge in [0.1, 0.15) is 0 Å². The zero-order valence-corrected chi connectivity index (χ0v) is 16.6. The standard InChI is InChI=1S/C20H21F3N4O3/c1-11(2)18(28)27-16-9-24-12(3)7-15(16)19(29)26-13(4)14-5-6-17(25-8-14)30-10-20(21,22)23/h5-9,13H,1,10H2,2-4H3,(H,26,29)(H,27,28). The Morgan fingerprint density at radius 2 is 1.93 bits per heavy atom. The minimum atomic E-state index is -4.46. The van der Waals surface area contributed by atoms with Crippen LogP contribution in [0.1, 0.15) is 41.5 Å². The molecule has 2 heterocycles. The molecule has 0 radical (unpaired) electrons. The zero-order valence-electron chi connectivity index (χ0n) is 16.6. The number of anilines is 1. The average molecular weight is 422 g/mol.